The van der Waals surface area contributed by atoms with Gasteiger partial charge < -0.3 is 14.5 Å². The van der Waals surface area contributed by atoms with Crippen LogP contribution in [0.5, 0.6) is 0 Å². The van der Waals surface area contributed by atoms with E-state index >= 15 is 0 Å². The molecule has 0 spiro atoms. The second-order valence-electron chi connectivity index (χ2n) is 2.55. The summed E-state index contributed by atoms with van der Waals surface area (Å²) >= 11 is 0. The van der Waals surface area contributed by atoms with Gasteiger partial charge in [0.2, 0.25) is 0 Å². The van der Waals surface area contributed by atoms with Crippen molar-refractivity contribution >= 4 is 38.1 Å². The van der Waals surface area contributed by atoms with Gasteiger partial charge in [-0.05, 0) is 0 Å². The number of carbonyl (C=O) groups is 2. The van der Waals surface area contributed by atoms with Crippen LogP contribution in [-0.2, 0) is 28.8 Å². The van der Waals surface area contributed by atoms with E-state index in [0.29, 0.717) is 0 Å². The molecule has 0 amide bonds. The molecule has 0 unspecified atom stereocenters. The number of hydrogen-bond donors (Lipinski definition) is 1. The second-order valence-corrected chi connectivity index (χ2v) is 2.55. The molecule has 7 nitrogen and oxygen atoms in total. The predicted molar refractivity (Wildman–Crippen MR) is 52.9 cm³/mol. The number of alkyl halides is 6. The molecule has 0 heterocycles. The summed E-state index contributed by atoms with van der Waals surface area (Å²) in [5.74, 6) is -4.10. The Hall–Kier alpha value is -1.34. The van der Waals surface area contributed by atoms with Crippen LogP contribution < -0.4 is 0 Å². The molecule has 0 aliphatic heterocycles. The molecule has 0 saturated heterocycles. The average molecular weight is 358 g/mol. The fourth-order valence-electron chi connectivity index (χ4n) is 0.446. The van der Waals surface area contributed by atoms with Gasteiger partial charge in [0.25, 0.3) is 0 Å². The number of hydrogen-bond acceptors (Lipinski definition) is 7. The number of esters is 2. The van der Waals surface area contributed by atoms with Crippen LogP contribution in [0.25, 0.3) is 0 Å². The number of ether oxygens (including phenoxy) is 2. The van der Waals surface area contributed by atoms with E-state index in [4.69, 9.17) is 5.02 Å². The van der Waals surface area contributed by atoms with Crippen LogP contribution in [0.2, 0.25) is 0 Å². The topological polar surface area (TPSA) is 91.3 Å². The first-order chi connectivity index (χ1) is 9.80. The Morgan fingerprint density at radius 1 is 0.826 bits per heavy atom. The third-order valence-corrected chi connectivity index (χ3v) is 0.941. The third kappa shape index (κ3) is 23.1. The first-order valence-electron chi connectivity index (χ1n) is 4.31. The van der Waals surface area contributed by atoms with Gasteiger partial charge >= 0.3 is 50.8 Å². The van der Waals surface area contributed by atoms with Crippen molar-refractivity contribution < 1.29 is 69.2 Å². The van der Waals surface area contributed by atoms with Crippen LogP contribution >= 0.6 is 0 Å². The van der Waals surface area contributed by atoms with Gasteiger partial charge in [-0.1, -0.05) is 9.05 Å². The molecule has 17 heteroatoms. The molecule has 0 aromatic rings. The molecule has 0 aliphatic carbocycles. The van der Waals surface area contributed by atoms with Gasteiger partial charge in [-0.15, -0.1) is 26.3 Å². The maximum atomic E-state index is 11.3. The maximum absolute atomic E-state index is 11.3. The van der Waals surface area contributed by atoms with Gasteiger partial charge in [-0.2, -0.15) is 9.72 Å². The van der Waals surface area contributed by atoms with E-state index in [-0.39, 0.29) is 31.0 Å². The molecule has 23 heavy (non-hydrogen) atoms. The molecule has 0 rings (SSSR count). The van der Waals surface area contributed by atoms with Gasteiger partial charge in [0.1, 0.15) is 0 Å². The summed E-state index contributed by atoms with van der Waals surface area (Å²) in [6.07, 6.45) is -10.9. The second kappa shape index (κ2) is 12.1. The Balaban J connectivity index is -0.000000487. The van der Waals surface area contributed by atoms with Crippen molar-refractivity contribution in [3.05, 3.63) is 12.2 Å². The van der Waals surface area contributed by atoms with Gasteiger partial charge in [0.05, 0.1) is 0 Å². The Bertz CT molecular complexity index is 352. The van der Waals surface area contributed by atoms with Crippen LogP contribution in [0, 0.1) is 0 Å². The standard InChI is InChI=1S/C6H2F6O4.BF2HO3.Li.H/c7-5(8,9)15-3(13)1-2-4(14)16-6(10,11)12;2-5-1(4)6-3;;/h1-2H;4H;;/b2-1-;;;. The fraction of sp³-hybridized carbons (Fsp3) is 0.333. The zero-order valence-electron chi connectivity index (χ0n) is 9.65. The van der Waals surface area contributed by atoms with Crippen LogP contribution in [0.1, 0.15) is 0 Å². The van der Waals surface area contributed by atoms with E-state index in [1.165, 1.54) is 0 Å². The first kappa shape index (κ1) is 26.6. The van der Waals surface area contributed by atoms with Crippen LogP contribution in [0.4, 0.5) is 35.4 Å². The Morgan fingerprint density at radius 3 is 1.22 bits per heavy atom. The SMILES string of the molecule is O=C(/C=C\C(=O)OC(F)(F)F)OC(F)(F)F.OB(OF)OF.[LiH]. The van der Waals surface area contributed by atoms with Gasteiger partial charge in [0, 0.05) is 12.2 Å². The predicted octanol–water partition coefficient (Wildman–Crippen LogP) is 0.786. The Kier molecular flexibility index (Phi) is 14.0. The molecule has 0 aromatic heterocycles. The van der Waals surface area contributed by atoms with Gasteiger partial charge in [0.15, 0.2) is 0 Å². The van der Waals surface area contributed by atoms with Crippen molar-refractivity contribution in [2.75, 3.05) is 0 Å². The minimum atomic E-state index is -5.28. The number of halogens is 8. The average Bonchev–Trinajstić information content (AvgIpc) is 2.32. The van der Waals surface area contributed by atoms with Crippen LogP contribution in [0.15, 0.2) is 12.2 Å². The summed E-state index contributed by atoms with van der Waals surface area (Å²) in [6.45, 7) is 0. The zero-order valence-corrected chi connectivity index (χ0v) is 9.65. The van der Waals surface area contributed by atoms with Crippen molar-refractivity contribution in [2.45, 2.75) is 12.7 Å². The fourth-order valence-corrected chi connectivity index (χ4v) is 0.446. The van der Waals surface area contributed by atoms with E-state index in [1.54, 1.807) is 0 Å². The quantitative estimate of drug-likeness (QED) is 0.344. The van der Waals surface area contributed by atoms with Crippen molar-refractivity contribution in [2.24, 2.45) is 0 Å². The molecular weight excluding hydrogens is 354 g/mol. The number of carbonyl (C=O) groups excluding carboxylic acids is 2. The molecule has 1 N–H and O–H groups in total. The molecule has 0 atom stereocenters. The molecule has 0 aliphatic rings. The summed E-state index contributed by atoms with van der Waals surface area (Å²) in [5, 5.41) is 7.47. The van der Waals surface area contributed by atoms with E-state index in [9.17, 15) is 45.0 Å². The molecule has 0 aromatic carbocycles. The molecular formula is C6H4BF8LiO7. The van der Waals surface area contributed by atoms with E-state index in [1.807, 2.05) is 0 Å². The molecule has 0 bridgehead atoms. The summed E-state index contributed by atoms with van der Waals surface area (Å²) in [7, 11) is -2.40. The van der Waals surface area contributed by atoms with Gasteiger partial charge in [-0.3, -0.25) is 0 Å². The normalized spacial score (nSPS) is 11.0. The van der Waals surface area contributed by atoms with E-state index in [0.717, 1.165) is 0 Å². The zero-order chi connectivity index (χ0) is 18.0. The molecule has 0 radical (unpaired) electrons. The monoisotopic (exact) mass is 358 g/mol. The van der Waals surface area contributed by atoms with Crippen LogP contribution in [0.3, 0.4) is 0 Å². The summed E-state index contributed by atoms with van der Waals surface area (Å²) in [5.41, 5.74) is 0. The Morgan fingerprint density at radius 2 is 1.09 bits per heavy atom. The summed E-state index contributed by atoms with van der Waals surface area (Å²) in [4.78, 5) is 25.1. The Labute approximate surface area is 133 Å². The first-order valence-corrected chi connectivity index (χ1v) is 4.31. The van der Waals surface area contributed by atoms with Crippen molar-refractivity contribution in [1.82, 2.24) is 0 Å². The minimum absolute atomic E-state index is 0. The molecule has 0 saturated carbocycles. The third-order valence-electron chi connectivity index (χ3n) is 0.941. The van der Waals surface area contributed by atoms with Crippen molar-refractivity contribution in [3.63, 3.8) is 0 Å². The number of rotatable bonds is 4. The van der Waals surface area contributed by atoms with Gasteiger partial charge in [-0.25, -0.2) is 9.59 Å². The molecule has 0 fully saturated rings. The van der Waals surface area contributed by atoms with E-state index in [2.05, 4.69) is 19.2 Å². The molecule has 130 valence electrons. The van der Waals surface area contributed by atoms with E-state index < -0.39 is 32.0 Å². The van der Waals surface area contributed by atoms with Crippen LogP contribution in [-0.4, -0.2) is 55.9 Å². The van der Waals surface area contributed by atoms with Crippen molar-refractivity contribution in [3.8, 4) is 0 Å². The van der Waals surface area contributed by atoms with Crippen molar-refractivity contribution in [1.29, 1.82) is 0 Å². The summed E-state index contributed by atoms with van der Waals surface area (Å²) < 4.78 is 93.9. The summed E-state index contributed by atoms with van der Waals surface area (Å²) in [6, 6.07) is 0.